The van der Waals surface area contributed by atoms with Gasteiger partial charge in [-0.2, -0.15) is 0 Å². The van der Waals surface area contributed by atoms with Gasteiger partial charge >= 0.3 is 0 Å². The first-order valence-electron chi connectivity index (χ1n) is 5.14. The van der Waals surface area contributed by atoms with Gasteiger partial charge in [0.15, 0.2) is 0 Å². The molecule has 106 valence electrons. The van der Waals surface area contributed by atoms with Crippen LogP contribution in [0.4, 0.5) is 4.39 Å². The fourth-order valence-electron chi connectivity index (χ4n) is 1.39. The minimum atomic E-state index is -3.87. The molecule has 0 bridgehead atoms. The average Bonchev–Trinajstić information content (AvgIpc) is 2.35. The Labute approximate surface area is 132 Å². The van der Waals surface area contributed by atoms with Crippen molar-refractivity contribution in [3.8, 4) is 11.5 Å². The Hall–Kier alpha value is -0.820. The molecule has 0 aliphatic heterocycles. The summed E-state index contributed by atoms with van der Waals surface area (Å²) in [4.78, 5) is -0.144. The summed E-state index contributed by atoms with van der Waals surface area (Å²) < 4.78 is 41.4. The topological polar surface area (TPSA) is 43.4 Å². The molecule has 0 aliphatic carbocycles. The van der Waals surface area contributed by atoms with E-state index in [2.05, 4.69) is 15.9 Å². The van der Waals surface area contributed by atoms with Gasteiger partial charge in [0, 0.05) is 16.7 Å². The predicted octanol–water partition coefficient (Wildman–Crippen LogP) is 4.96. The highest BCUT2D eigenvalue weighted by Crippen LogP contribution is 2.35. The molecule has 0 saturated carbocycles. The Balaban J connectivity index is 2.38. The first-order chi connectivity index (χ1) is 9.27. The van der Waals surface area contributed by atoms with Crippen molar-refractivity contribution in [1.82, 2.24) is 0 Å². The number of hydrogen-bond acceptors (Lipinski definition) is 3. The van der Waals surface area contributed by atoms with E-state index in [1.54, 1.807) is 0 Å². The molecule has 8 heteroatoms. The molecule has 0 atom stereocenters. The minimum absolute atomic E-state index is 0.0443. The van der Waals surface area contributed by atoms with Crippen LogP contribution in [-0.2, 0) is 9.05 Å². The van der Waals surface area contributed by atoms with Crippen molar-refractivity contribution in [2.75, 3.05) is 0 Å². The second-order valence-electron chi connectivity index (χ2n) is 3.71. The molecule has 0 N–H and O–H groups in total. The Morgan fingerprint density at radius 2 is 1.80 bits per heavy atom. The maximum Gasteiger partial charge on any atom is 0.261 e. The molecule has 0 radical (unpaired) electrons. The summed E-state index contributed by atoms with van der Waals surface area (Å²) in [5.41, 5.74) is 0. The fourth-order valence-corrected chi connectivity index (χ4v) is 2.78. The van der Waals surface area contributed by atoms with E-state index >= 15 is 0 Å². The second kappa shape index (κ2) is 5.89. The molecular formula is C12H6BrCl2FO3S. The smallest absolute Gasteiger partial charge is 0.261 e. The number of rotatable bonds is 3. The minimum Gasteiger partial charge on any atom is -0.455 e. The predicted molar refractivity (Wildman–Crippen MR) is 78.7 cm³/mol. The van der Waals surface area contributed by atoms with Crippen LogP contribution in [0.3, 0.4) is 0 Å². The van der Waals surface area contributed by atoms with Crippen molar-refractivity contribution in [1.29, 1.82) is 0 Å². The van der Waals surface area contributed by atoms with Crippen molar-refractivity contribution in [2.45, 2.75) is 4.90 Å². The summed E-state index contributed by atoms with van der Waals surface area (Å²) in [5.74, 6) is -0.0744. The lowest BCUT2D eigenvalue weighted by Gasteiger charge is -2.10. The van der Waals surface area contributed by atoms with Gasteiger partial charge in [0.25, 0.3) is 9.05 Å². The third-order valence-electron chi connectivity index (χ3n) is 2.30. The molecule has 0 aromatic heterocycles. The summed E-state index contributed by atoms with van der Waals surface area (Å²) >= 11 is 9.13. The van der Waals surface area contributed by atoms with Crippen molar-refractivity contribution in [3.63, 3.8) is 0 Å². The van der Waals surface area contributed by atoms with Crippen LogP contribution in [0.25, 0.3) is 0 Å². The molecule has 0 unspecified atom stereocenters. The van der Waals surface area contributed by atoms with E-state index in [4.69, 9.17) is 27.0 Å². The number of benzene rings is 2. The summed E-state index contributed by atoms with van der Waals surface area (Å²) in [7, 11) is 1.34. The van der Waals surface area contributed by atoms with Crippen LogP contribution in [0.2, 0.25) is 5.02 Å². The molecule has 2 rings (SSSR count). The number of hydrogen-bond donors (Lipinski definition) is 0. The Morgan fingerprint density at radius 1 is 1.10 bits per heavy atom. The van der Waals surface area contributed by atoms with Crippen LogP contribution in [0.1, 0.15) is 0 Å². The maximum atomic E-state index is 13.1. The van der Waals surface area contributed by atoms with Crippen molar-refractivity contribution < 1.29 is 17.5 Å². The Kier molecular flexibility index (Phi) is 4.59. The monoisotopic (exact) mass is 398 g/mol. The lowest BCUT2D eigenvalue weighted by Crippen LogP contribution is -1.92. The highest BCUT2D eigenvalue weighted by Gasteiger charge is 2.14. The zero-order chi connectivity index (χ0) is 14.9. The summed E-state index contributed by atoms with van der Waals surface area (Å²) in [6.07, 6.45) is 0. The number of ether oxygens (including phenoxy) is 1. The highest BCUT2D eigenvalue weighted by molar-refractivity contribution is 9.10. The third kappa shape index (κ3) is 3.63. The van der Waals surface area contributed by atoms with Crippen LogP contribution >= 0.6 is 38.2 Å². The van der Waals surface area contributed by atoms with E-state index in [0.29, 0.717) is 4.47 Å². The van der Waals surface area contributed by atoms with Gasteiger partial charge in [-0.25, -0.2) is 12.8 Å². The van der Waals surface area contributed by atoms with E-state index in [1.807, 2.05) is 0 Å². The normalized spacial score (nSPS) is 11.4. The third-order valence-corrected chi connectivity index (χ3v) is 4.60. The van der Waals surface area contributed by atoms with Gasteiger partial charge in [-0.1, -0.05) is 11.6 Å². The van der Waals surface area contributed by atoms with Gasteiger partial charge in [-0.15, -0.1) is 0 Å². The molecule has 2 aromatic carbocycles. The largest absolute Gasteiger partial charge is 0.455 e. The standard InChI is InChI=1S/C12H6BrCl2FO3S/c13-9-3-1-7(16)5-12(9)19-11-4-2-8(6-10(11)14)20(15,17)18/h1-6H. The van der Waals surface area contributed by atoms with Crippen molar-refractivity contribution in [3.05, 3.63) is 51.7 Å². The number of halogens is 4. The summed E-state index contributed by atoms with van der Waals surface area (Å²) in [6.45, 7) is 0. The molecule has 0 amide bonds. The highest BCUT2D eigenvalue weighted by atomic mass is 79.9. The summed E-state index contributed by atoms with van der Waals surface area (Å²) in [6, 6.07) is 7.67. The zero-order valence-electron chi connectivity index (χ0n) is 9.61. The van der Waals surface area contributed by atoms with Gasteiger partial charge in [-0.05, 0) is 46.3 Å². The van der Waals surface area contributed by atoms with Crippen LogP contribution < -0.4 is 4.74 Å². The molecule has 2 aromatic rings. The lowest BCUT2D eigenvalue weighted by atomic mass is 10.3. The Bertz CT molecular complexity index is 765. The van der Waals surface area contributed by atoms with E-state index in [-0.39, 0.29) is 21.4 Å². The van der Waals surface area contributed by atoms with Gasteiger partial charge < -0.3 is 4.74 Å². The van der Waals surface area contributed by atoms with Gasteiger partial charge in [0.05, 0.1) is 14.4 Å². The van der Waals surface area contributed by atoms with Gasteiger partial charge in [0.2, 0.25) is 0 Å². The molecule has 0 heterocycles. The van der Waals surface area contributed by atoms with Crippen LogP contribution in [0.15, 0.2) is 45.8 Å². The molecule has 0 saturated heterocycles. The van der Waals surface area contributed by atoms with E-state index in [1.165, 1.54) is 30.3 Å². The van der Waals surface area contributed by atoms with Gasteiger partial charge in [-0.3, -0.25) is 0 Å². The molecule has 3 nitrogen and oxygen atoms in total. The van der Waals surface area contributed by atoms with E-state index in [9.17, 15) is 12.8 Å². The SMILES string of the molecule is O=S(=O)(Cl)c1ccc(Oc2cc(F)ccc2Br)c(Cl)c1. The molecule has 20 heavy (non-hydrogen) atoms. The quantitative estimate of drug-likeness (QED) is 0.685. The zero-order valence-corrected chi connectivity index (χ0v) is 13.5. The Morgan fingerprint density at radius 3 is 2.40 bits per heavy atom. The van der Waals surface area contributed by atoms with E-state index < -0.39 is 14.9 Å². The molecule has 0 aliphatic rings. The second-order valence-corrected chi connectivity index (χ2v) is 7.53. The first kappa shape index (κ1) is 15.6. The van der Waals surface area contributed by atoms with Gasteiger partial charge in [0.1, 0.15) is 17.3 Å². The maximum absolute atomic E-state index is 13.1. The average molecular weight is 400 g/mol. The molecule has 0 spiro atoms. The van der Waals surface area contributed by atoms with E-state index in [0.717, 1.165) is 6.07 Å². The van der Waals surface area contributed by atoms with Crippen LogP contribution in [-0.4, -0.2) is 8.42 Å². The lowest BCUT2D eigenvalue weighted by molar-refractivity contribution is 0.473. The molecular weight excluding hydrogens is 394 g/mol. The van der Waals surface area contributed by atoms with Crippen molar-refractivity contribution in [2.24, 2.45) is 0 Å². The van der Waals surface area contributed by atoms with Crippen LogP contribution in [0, 0.1) is 5.82 Å². The summed E-state index contributed by atoms with van der Waals surface area (Å²) in [5, 5.41) is 0.0443. The van der Waals surface area contributed by atoms with Crippen molar-refractivity contribution >= 4 is 47.3 Å². The fraction of sp³-hybridized carbons (Fsp3) is 0. The molecule has 0 fully saturated rings. The van der Waals surface area contributed by atoms with Crippen LogP contribution in [0.5, 0.6) is 11.5 Å². The first-order valence-corrected chi connectivity index (χ1v) is 8.62.